The fourth-order valence-electron chi connectivity index (χ4n) is 2.15. The molecule has 2 aromatic carbocycles. The van der Waals surface area contributed by atoms with E-state index in [1.807, 2.05) is 67.6 Å². The van der Waals surface area contributed by atoms with Crippen LogP contribution in [0.2, 0.25) is 0 Å². The van der Waals surface area contributed by atoms with E-state index in [4.69, 9.17) is 4.74 Å². The summed E-state index contributed by atoms with van der Waals surface area (Å²) in [6, 6.07) is 19.8. The molecule has 1 N–H and O–H groups in total. The summed E-state index contributed by atoms with van der Waals surface area (Å²) in [5.41, 5.74) is 0.999. The van der Waals surface area contributed by atoms with Crippen LogP contribution in [0.3, 0.4) is 0 Å². The summed E-state index contributed by atoms with van der Waals surface area (Å²) < 4.78 is 5.09. The predicted octanol–water partition coefficient (Wildman–Crippen LogP) is 3.67. The molecule has 3 nitrogen and oxygen atoms in total. The van der Waals surface area contributed by atoms with Gasteiger partial charge in [-0.1, -0.05) is 48.5 Å². The smallest absolute Gasteiger partial charge is 0.238 e. The molecule has 116 valence electrons. The largest absolute Gasteiger partial charge is 0.383 e. The van der Waals surface area contributed by atoms with Crippen molar-refractivity contribution in [2.75, 3.05) is 13.7 Å². The van der Waals surface area contributed by atoms with E-state index in [0.29, 0.717) is 6.61 Å². The van der Waals surface area contributed by atoms with Gasteiger partial charge >= 0.3 is 0 Å². The SMILES string of the molecule is COC[C@H](C)NC(=O)[C@@H](Sc1ccccc1)c1ccccc1. The van der Waals surface area contributed by atoms with Crippen LogP contribution in [0.25, 0.3) is 0 Å². The fourth-order valence-corrected chi connectivity index (χ4v) is 3.20. The van der Waals surface area contributed by atoms with E-state index >= 15 is 0 Å². The second kappa shape index (κ2) is 8.61. The molecule has 0 aliphatic carbocycles. The van der Waals surface area contributed by atoms with Gasteiger partial charge in [0.1, 0.15) is 5.25 Å². The summed E-state index contributed by atoms with van der Waals surface area (Å²) in [6.07, 6.45) is 0. The molecule has 0 saturated carbocycles. The molecule has 22 heavy (non-hydrogen) atoms. The van der Waals surface area contributed by atoms with E-state index in [1.54, 1.807) is 18.9 Å². The second-order valence-electron chi connectivity index (χ2n) is 5.09. The Morgan fingerprint density at radius 2 is 1.68 bits per heavy atom. The molecule has 0 aliphatic rings. The molecule has 0 aliphatic heterocycles. The molecule has 1 amide bonds. The summed E-state index contributed by atoms with van der Waals surface area (Å²) >= 11 is 1.56. The highest BCUT2D eigenvalue weighted by atomic mass is 32.2. The molecule has 0 bridgehead atoms. The number of rotatable bonds is 7. The normalized spacial score (nSPS) is 13.4. The van der Waals surface area contributed by atoms with Gasteiger partial charge in [-0.25, -0.2) is 0 Å². The Morgan fingerprint density at radius 3 is 2.27 bits per heavy atom. The summed E-state index contributed by atoms with van der Waals surface area (Å²) in [5.74, 6) is 0.00426. The number of methoxy groups -OCH3 is 1. The average Bonchev–Trinajstić information content (AvgIpc) is 2.54. The van der Waals surface area contributed by atoms with E-state index in [-0.39, 0.29) is 17.2 Å². The maximum atomic E-state index is 12.6. The highest BCUT2D eigenvalue weighted by molar-refractivity contribution is 8.00. The van der Waals surface area contributed by atoms with Crippen molar-refractivity contribution in [1.29, 1.82) is 0 Å². The third kappa shape index (κ3) is 4.90. The van der Waals surface area contributed by atoms with Crippen LogP contribution in [0.1, 0.15) is 17.7 Å². The van der Waals surface area contributed by atoms with Crippen molar-refractivity contribution in [3.63, 3.8) is 0 Å². The van der Waals surface area contributed by atoms with E-state index in [1.165, 1.54) is 0 Å². The monoisotopic (exact) mass is 315 g/mol. The predicted molar refractivity (Wildman–Crippen MR) is 91.0 cm³/mol. The Balaban J connectivity index is 2.16. The molecule has 0 unspecified atom stereocenters. The van der Waals surface area contributed by atoms with Crippen molar-refractivity contribution >= 4 is 17.7 Å². The van der Waals surface area contributed by atoms with E-state index in [0.717, 1.165) is 10.5 Å². The third-order valence-electron chi connectivity index (χ3n) is 3.14. The van der Waals surface area contributed by atoms with Crippen molar-refractivity contribution in [3.8, 4) is 0 Å². The summed E-state index contributed by atoms with van der Waals surface area (Å²) in [7, 11) is 1.63. The van der Waals surface area contributed by atoms with Crippen LogP contribution in [-0.2, 0) is 9.53 Å². The number of ether oxygens (including phenoxy) is 1. The van der Waals surface area contributed by atoms with Gasteiger partial charge in [0.05, 0.1) is 6.61 Å². The molecule has 2 rings (SSSR count). The maximum Gasteiger partial charge on any atom is 0.238 e. The van der Waals surface area contributed by atoms with Crippen LogP contribution in [0.5, 0.6) is 0 Å². The Bertz CT molecular complexity index is 574. The van der Waals surface area contributed by atoms with Crippen LogP contribution in [-0.4, -0.2) is 25.7 Å². The van der Waals surface area contributed by atoms with Crippen LogP contribution >= 0.6 is 11.8 Å². The van der Waals surface area contributed by atoms with Gasteiger partial charge in [-0.05, 0) is 24.6 Å². The number of hydrogen-bond donors (Lipinski definition) is 1. The van der Waals surface area contributed by atoms with Crippen LogP contribution in [0.4, 0.5) is 0 Å². The Kier molecular flexibility index (Phi) is 6.49. The van der Waals surface area contributed by atoms with E-state index < -0.39 is 0 Å². The van der Waals surface area contributed by atoms with Gasteiger partial charge in [0.15, 0.2) is 0 Å². The second-order valence-corrected chi connectivity index (χ2v) is 6.27. The van der Waals surface area contributed by atoms with Gasteiger partial charge in [-0.2, -0.15) is 0 Å². The third-order valence-corrected chi connectivity index (χ3v) is 4.41. The zero-order valence-electron chi connectivity index (χ0n) is 12.9. The number of carbonyl (C=O) groups excluding carboxylic acids is 1. The molecule has 0 spiro atoms. The van der Waals surface area contributed by atoms with Gasteiger partial charge in [0.25, 0.3) is 0 Å². The molecule has 0 heterocycles. The number of thioether (sulfide) groups is 1. The first kappa shape index (κ1) is 16.6. The first-order valence-electron chi connectivity index (χ1n) is 7.26. The molecular weight excluding hydrogens is 294 g/mol. The van der Waals surface area contributed by atoms with Crippen LogP contribution in [0, 0.1) is 0 Å². The minimum Gasteiger partial charge on any atom is -0.383 e. The Hall–Kier alpha value is -1.78. The zero-order chi connectivity index (χ0) is 15.8. The lowest BCUT2D eigenvalue weighted by molar-refractivity contribution is -0.121. The van der Waals surface area contributed by atoms with Crippen molar-refractivity contribution in [3.05, 3.63) is 66.2 Å². The molecule has 2 aromatic rings. The van der Waals surface area contributed by atoms with Crippen molar-refractivity contribution < 1.29 is 9.53 Å². The van der Waals surface area contributed by atoms with Crippen molar-refractivity contribution in [1.82, 2.24) is 5.32 Å². The number of benzene rings is 2. The number of carbonyl (C=O) groups is 1. The zero-order valence-corrected chi connectivity index (χ0v) is 13.7. The lowest BCUT2D eigenvalue weighted by Gasteiger charge is -2.20. The van der Waals surface area contributed by atoms with Gasteiger partial charge in [-0.15, -0.1) is 11.8 Å². The first-order chi connectivity index (χ1) is 10.7. The first-order valence-corrected chi connectivity index (χ1v) is 8.14. The standard InChI is InChI=1S/C18H21NO2S/c1-14(13-21-2)19-18(20)17(15-9-5-3-6-10-15)22-16-11-7-4-8-12-16/h3-12,14,17H,13H2,1-2H3,(H,19,20)/t14-,17-/m0/s1. The number of amides is 1. The Morgan fingerprint density at radius 1 is 1.09 bits per heavy atom. The fraction of sp³-hybridized carbons (Fsp3) is 0.278. The van der Waals surface area contributed by atoms with Crippen molar-refractivity contribution in [2.24, 2.45) is 0 Å². The van der Waals surface area contributed by atoms with Crippen molar-refractivity contribution in [2.45, 2.75) is 23.1 Å². The molecule has 0 aromatic heterocycles. The van der Waals surface area contributed by atoms with Gasteiger partial charge < -0.3 is 10.1 Å². The van der Waals surface area contributed by atoms with Gasteiger partial charge in [0.2, 0.25) is 5.91 Å². The number of nitrogens with one attached hydrogen (secondary N) is 1. The molecule has 0 radical (unpaired) electrons. The van der Waals surface area contributed by atoms with Gasteiger partial charge in [-0.3, -0.25) is 4.79 Å². The molecule has 2 atom stereocenters. The minimum absolute atomic E-state index is 0.00426. The lowest BCUT2D eigenvalue weighted by atomic mass is 10.1. The van der Waals surface area contributed by atoms with Crippen LogP contribution in [0.15, 0.2) is 65.6 Å². The maximum absolute atomic E-state index is 12.6. The number of hydrogen-bond acceptors (Lipinski definition) is 3. The highest BCUT2D eigenvalue weighted by Gasteiger charge is 2.23. The summed E-state index contributed by atoms with van der Waals surface area (Å²) in [6.45, 7) is 2.44. The van der Waals surface area contributed by atoms with E-state index in [9.17, 15) is 4.79 Å². The topological polar surface area (TPSA) is 38.3 Å². The Labute approximate surface area is 136 Å². The van der Waals surface area contributed by atoms with Gasteiger partial charge in [0, 0.05) is 18.0 Å². The molecule has 4 heteroatoms. The molecule has 0 fully saturated rings. The summed E-state index contributed by atoms with van der Waals surface area (Å²) in [5, 5.41) is 2.74. The minimum atomic E-state index is -0.275. The average molecular weight is 315 g/mol. The summed E-state index contributed by atoms with van der Waals surface area (Å²) in [4.78, 5) is 13.7. The molecular formula is C18H21NO2S. The quantitative estimate of drug-likeness (QED) is 0.792. The molecule has 0 saturated heterocycles. The lowest BCUT2D eigenvalue weighted by Crippen LogP contribution is -2.38. The van der Waals surface area contributed by atoms with Crippen LogP contribution < -0.4 is 5.32 Å². The highest BCUT2D eigenvalue weighted by Crippen LogP contribution is 2.35. The van der Waals surface area contributed by atoms with E-state index in [2.05, 4.69) is 5.32 Å².